The third-order valence-electron chi connectivity index (χ3n) is 4.23. The second-order valence-corrected chi connectivity index (χ2v) is 5.50. The predicted molar refractivity (Wildman–Crippen MR) is 73.2 cm³/mol. The van der Waals surface area contributed by atoms with Gasteiger partial charge in [-0.15, -0.1) is 0 Å². The molecule has 0 saturated carbocycles. The van der Waals surface area contributed by atoms with Crippen molar-refractivity contribution >= 4 is 23.5 Å². The van der Waals surface area contributed by atoms with E-state index in [1.807, 2.05) is 19.1 Å². The molecule has 1 aromatic rings. The minimum Gasteiger partial charge on any atom is -0.545 e. The highest BCUT2D eigenvalue weighted by molar-refractivity contribution is 6.22. The minimum atomic E-state index is -1.29. The van der Waals surface area contributed by atoms with E-state index in [4.69, 9.17) is 0 Å². The summed E-state index contributed by atoms with van der Waals surface area (Å²) in [7, 11) is 0. The molecule has 0 unspecified atom stereocenters. The molecular weight excluding hydrogens is 270 g/mol. The number of amides is 2. The van der Waals surface area contributed by atoms with E-state index < -0.39 is 5.97 Å². The number of carbonyl (C=O) groups excluding carboxylic acids is 3. The van der Waals surface area contributed by atoms with Gasteiger partial charge in [-0.1, -0.05) is 31.2 Å². The largest absolute Gasteiger partial charge is 0.545 e. The number of imide groups is 1. The number of carboxylic acids is 1. The maximum atomic E-state index is 12.5. The summed E-state index contributed by atoms with van der Waals surface area (Å²) in [6, 6.07) is 5.62. The van der Waals surface area contributed by atoms with E-state index in [1.165, 1.54) is 29.2 Å². The van der Waals surface area contributed by atoms with Crippen molar-refractivity contribution in [1.82, 2.24) is 0 Å². The second kappa shape index (κ2) is 4.84. The van der Waals surface area contributed by atoms with Crippen LogP contribution in [-0.2, 0) is 9.59 Å². The van der Waals surface area contributed by atoms with Crippen molar-refractivity contribution in [1.29, 1.82) is 0 Å². The molecule has 0 spiro atoms. The summed E-state index contributed by atoms with van der Waals surface area (Å²) < 4.78 is 0. The average molecular weight is 284 g/mol. The van der Waals surface area contributed by atoms with Gasteiger partial charge in [-0.05, 0) is 30.0 Å². The highest BCUT2D eigenvalue weighted by Gasteiger charge is 2.50. The first-order valence-electron chi connectivity index (χ1n) is 6.86. The van der Waals surface area contributed by atoms with E-state index in [0.717, 1.165) is 0 Å². The van der Waals surface area contributed by atoms with Gasteiger partial charge in [-0.25, -0.2) is 0 Å². The third-order valence-corrected chi connectivity index (χ3v) is 4.23. The van der Waals surface area contributed by atoms with Gasteiger partial charge in [0.1, 0.15) is 0 Å². The summed E-state index contributed by atoms with van der Waals surface area (Å²) in [5, 5.41) is 10.7. The Hall–Kier alpha value is -2.43. The van der Waals surface area contributed by atoms with Crippen LogP contribution in [0.5, 0.6) is 0 Å². The lowest BCUT2D eigenvalue weighted by Gasteiger charge is -2.22. The topological polar surface area (TPSA) is 77.5 Å². The monoisotopic (exact) mass is 284 g/mol. The van der Waals surface area contributed by atoms with Crippen molar-refractivity contribution in [2.24, 2.45) is 17.8 Å². The summed E-state index contributed by atoms with van der Waals surface area (Å²) in [5.41, 5.74) is 0.432. The number of benzene rings is 1. The molecule has 1 fully saturated rings. The van der Waals surface area contributed by atoms with Gasteiger partial charge in [0.2, 0.25) is 11.8 Å². The van der Waals surface area contributed by atoms with Gasteiger partial charge < -0.3 is 9.90 Å². The van der Waals surface area contributed by atoms with Gasteiger partial charge in [0.05, 0.1) is 23.5 Å². The molecule has 1 aromatic carbocycles. The number of carboxylic acid groups (broad SMARTS) is 1. The number of hydrogen-bond acceptors (Lipinski definition) is 4. The van der Waals surface area contributed by atoms with E-state index in [2.05, 4.69) is 0 Å². The van der Waals surface area contributed by atoms with Crippen LogP contribution in [0, 0.1) is 17.8 Å². The lowest BCUT2D eigenvalue weighted by Crippen LogP contribution is -2.31. The number of aromatic carboxylic acids is 1. The van der Waals surface area contributed by atoms with E-state index in [0.29, 0.717) is 12.1 Å². The molecule has 0 N–H and O–H groups in total. The number of fused-ring (bicyclic) bond motifs is 1. The fourth-order valence-corrected chi connectivity index (χ4v) is 3.15. The molecule has 5 nitrogen and oxygen atoms in total. The summed E-state index contributed by atoms with van der Waals surface area (Å²) in [6.45, 7) is 1.93. The Morgan fingerprint density at radius 1 is 1.19 bits per heavy atom. The van der Waals surface area contributed by atoms with Gasteiger partial charge in [0.25, 0.3) is 0 Å². The van der Waals surface area contributed by atoms with Crippen LogP contribution in [0.4, 0.5) is 5.69 Å². The standard InChI is InChI=1S/C16H15NO4/c1-9-3-2-4-12-13(9)15(19)17(14(12)18)11-7-5-10(6-8-11)16(20)21/h2-3,5-9,12-13H,4H2,1H3,(H,20,21)/p-1/t9-,12-,13-/m1/s1. The zero-order valence-electron chi connectivity index (χ0n) is 11.5. The molecule has 2 amide bonds. The van der Waals surface area contributed by atoms with Crippen molar-refractivity contribution in [3.8, 4) is 0 Å². The maximum absolute atomic E-state index is 12.5. The van der Waals surface area contributed by atoms with Crippen molar-refractivity contribution in [2.45, 2.75) is 13.3 Å². The first-order chi connectivity index (χ1) is 10.0. The molecule has 21 heavy (non-hydrogen) atoms. The summed E-state index contributed by atoms with van der Waals surface area (Å²) >= 11 is 0. The molecule has 1 heterocycles. The number of carbonyl (C=O) groups is 3. The summed E-state index contributed by atoms with van der Waals surface area (Å²) in [5.74, 6) is -2.29. The van der Waals surface area contributed by atoms with Crippen LogP contribution in [0.25, 0.3) is 0 Å². The van der Waals surface area contributed by atoms with Gasteiger partial charge >= 0.3 is 0 Å². The Morgan fingerprint density at radius 3 is 2.43 bits per heavy atom. The highest BCUT2D eigenvalue weighted by Crippen LogP contribution is 2.40. The third kappa shape index (κ3) is 2.05. The van der Waals surface area contributed by atoms with Crippen molar-refractivity contribution in [2.75, 3.05) is 4.90 Å². The van der Waals surface area contributed by atoms with E-state index >= 15 is 0 Å². The van der Waals surface area contributed by atoms with Gasteiger partial charge in [0, 0.05) is 0 Å². The average Bonchev–Trinajstić information content (AvgIpc) is 2.72. The maximum Gasteiger partial charge on any atom is 0.238 e. The molecule has 1 aliphatic carbocycles. The Labute approximate surface area is 121 Å². The van der Waals surface area contributed by atoms with Crippen molar-refractivity contribution < 1.29 is 19.5 Å². The van der Waals surface area contributed by atoms with E-state index in [1.54, 1.807) is 0 Å². The molecule has 3 atom stereocenters. The molecule has 5 heteroatoms. The number of rotatable bonds is 2. The number of allylic oxidation sites excluding steroid dienone is 2. The van der Waals surface area contributed by atoms with E-state index in [9.17, 15) is 19.5 Å². The normalized spacial score (nSPS) is 27.9. The minimum absolute atomic E-state index is 0.0188. The zero-order chi connectivity index (χ0) is 15.1. The van der Waals surface area contributed by atoms with Gasteiger partial charge in [-0.3, -0.25) is 14.5 Å². The van der Waals surface area contributed by atoms with Crippen LogP contribution in [0.3, 0.4) is 0 Å². The number of anilines is 1. The van der Waals surface area contributed by atoms with E-state index in [-0.39, 0.29) is 35.1 Å². The van der Waals surface area contributed by atoms with Crippen LogP contribution in [-0.4, -0.2) is 17.8 Å². The molecule has 2 aliphatic rings. The van der Waals surface area contributed by atoms with Crippen LogP contribution in [0.1, 0.15) is 23.7 Å². The SMILES string of the molecule is C[C@@H]1C=CC[C@H]2C(=O)N(c3ccc(C(=O)[O-])cc3)C(=O)[C@H]12. The van der Waals surface area contributed by atoms with Gasteiger partial charge in [-0.2, -0.15) is 0 Å². The molecular formula is C16H14NO4-. The molecule has 3 rings (SSSR count). The molecule has 0 bridgehead atoms. The Morgan fingerprint density at radius 2 is 1.86 bits per heavy atom. The first kappa shape index (κ1) is 13.5. The van der Waals surface area contributed by atoms with Gasteiger partial charge in [0.15, 0.2) is 0 Å². The quantitative estimate of drug-likeness (QED) is 0.593. The predicted octanol–water partition coefficient (Wildman–Crippen LogP) is 0.752. The Balaban J connectivity index is 1.94. The Bertz CT molecular complexity index is 647. The molecule has 108 valence electrons. The highest BCUT2D eigenvalue weighted by atomic mass is 16.4. The smallest absolute Gasteiger partial charge is 0.238 e. The molecule has 1 saturated heterocycles. The van der Waals surface area contributed by atoms with Crippen LogP contribution in [0.2, 0.25) is 0 Å². The molecule has 0 radical (unpaired) electrons. The van der Waals surface area contributed by atoms with Crippen LogP contribution in [0.15, 0.2) is 36.4 Å². The number of nitrogens with zero attached hydrogens (tertiary/aromatic N) is 1. The fourth-order valence-electron chi connectivity index (χ4n) is 3.15. The van der Waals surface area contributed by atoms with Crippen molar-refractivity contribution in [3.63, 3.8) is 0 Å². The lowest BCUT2D eigenvalue weighted by atomic mass is 9.78. The van der Waals surface area contributed by atoms with Crippen LogP contribution < -0.4 is 10.0 Å². The van der Waals surface area contributed by atoms with Crippen molar-refractivity contribution in [3.05, 3.63) is 42.0 Å². The second-order valence-electron chi connectivity index (χ2n) is 5.50. The lowest BCUT2D eigenvalue weighted by molar-refractivity contribution is -0.255. The number of hydrogen-bond donors (Lipinski definition) is 0. The molecule has 0 aromatic heterocycles. The zero-order valence-corrected chi connectivity index (χ0v) is 11.5. The summed E-state index contributed by atoms with van der Waals surface area (Å²) in [4.78, 5) is 36.9. The molecule has 1 aliphatic heterocycles. The fraction of sp³-hybridized carbons (Fsp3) is 0.312. The van der Waals surface area contributed by atoms with Crippen LogP contribution >= 0.6 is 0 Å². The first-order valence-corrected chi connectivity index (χ1v) is 6.86. The summed E-state index contributed by atoms with van der Waals surface area (Å²) in [6.07, 6.45) is 4.49. The Kier molecular flexibility index (Phi) is 3.12.